The Morgan fingerprint density at radius 2 is 1.81 bits per heavy atom. The number of halogens is 3. The Labute approximate surface area is 249 Å². The second-order valence-electron chi connectivity index (χ2n) is 11.6. The predicted molar refractivity (Wildman–Crippen MR) is 161 cm³/mol. The lowest BCUT2D eigenvalue weighted by Crippen LogP contribution is -2.30. The molecule has 1 aliphatic rings. The van der Waals surface area contributed by atoms with Crippen molar-refractivity contribution in [1.29, 1.82) is 0 Å². The van der Waals surface area contributed by atoms with Gasteiger partial charge in [0.15, 0.2) is 0 Å². The number of carbonyl (C=O) groups is 2. The Bertz CT molecular complexity index is 1660. The smallest absolute Gasteiger partial charge is 0.442 e. The van der Waals surface area contributed by atoms with Gasteiger partial charge in [0.1, 0.15) is 17.2 Å². The van der Waals surface area contributed by atoms with Crippen molar-refractivity contribution in [2.45, 2.75) is 63.4 Å². The maximum Gasteiger partial charge on any atom is 0.442 e. The van der Waals surface area contributed by atoms with E-state index in [1.165, 1.54) is 36.7 Å². The highest BCUT2D eigenvalue weighted by molar-refractivity contribution is 7.93. The van der Waals surface area contributed by atoms with E-state index in [4.69, 9.17) is 4.74 Å². The van der Waals surface area contributed by atoms with Gasteiger partial charge >= 0.3 is 6.09 Å². The summed E-state index contributed by atoms with van der Waals surface area (Å²) in [6, 6.07) is 12.0. The van der Waals surface area contributed by atoms with Gasteiger partial charge in [0.05, 0.1) is 15.3 Å². The van der Waals surface area contributed by atoms with Gasteiger partial charge in [-0.3, -0.25) is 4.79 Å². The molecule has 0 bridgehead atoms. The minimum Gasteiger partial charge on any atom is -0.442 e. The fraction of sp³-hybridized carbons (Fsp3) is 0.387. The number of amides is 2. The Morgan fingerprint density at radius 3 is 2.51 bits per heavy atom. The summed E-state index contributed by atoms with van der Waals surface area (Å²) in [5.41, 5.74) is 1.09. The number of nitrogens with one attached hydrogen (secondary N) is 1. The average molecular weight is 617 g/mol. The molecule has 0 spiro atoms. The minimum absolute atomic E-state index is 0.00141. The summed E-state index contributed by atoms with van der Waals surface area (Å²) < 4.78 is 64.7. The highest BCUT2D eigenvalue weighted by Gasteiger charge is 2.33. The van der Waals surface area contributed by atoms with Crippen LogP contribution in [0, 0.1) is 12.7 Å². The SMILES string of the molecule is Cc1c(-c2cccc(F)c2)cnc(N2CCCC(F)(F)CC2)c1C(=O)Nc1cccc([S@@](C)(=O)=NC(=O)OC(C)(C)C)c1. The summed E-state index contributed by atoms with van der Waals surface area (Å²) >= 11 is 0. The van der Waals surface area contributed by atoms with Crippen LogP contribution >= 0.6 is 0 Å². The maximum absolute atomic E-state index is 14.2. The predicted octanol–water partition coefficient (Wildman–Crippen LogP) is 7.47. The van der Waals surface area contributed by atoms with Crippen LogP contribution in [0.25, 0.3) is 11.1 Å². The molecule has 2 amide bonds. The quantitative estimate of drug-likeness (QED) is 0.319. The van der Waals surface area contributed by atoms with Gasteiger partial charge in [-0.25, -0.2) is 27.2 Å². The van der Waals surface area contributed by atoms with Crippen LogP contribution in [0.15, 0.2) is 64.0 Å². The van der Waals surface area contributed by atoms with Gasteiger partial charge in [-0.05, 0) is 75.6 Å². The van der Waals surface area contributed by atoms with Crippen molar-refractivity contribution < 1.29 is 31.7 Å². The van der Waals surface area contributed by atoms with Crippen LogP contribution in [0.4, 0.5) is 29.5 Å². The number of carbonyl (C=O) groups excluding carboxylic acids is 2. The van der Waals surface area contributed by atoms with Crippen molar-refractivity contribution in [3.8, 4) is 11.1 Å². The molecule has 12 heteroatoms. The Morgan fingerprint density at radius 1 is 1.09 bits per heavy atom. The molecule has 43 heavy (non-hydrogen) atoms. The first kappa shape index (κ1) is 32.0. The number of nitrogens with zero attached hydrogens (tertiary/aromatic N) is 3. The van der Waals surface area contributed by atoms with E-state index < -0.39 is 39.1 Å². The third kappa shape index (κ3) is 8.13. The molecular formula is C31H35F3N4O4S. The molecule has 0 radical (unpaired) electrons. The third-order valence-corrected chi connectivity index (χ3v) is 8.50. The fourth-order valence-electron chi connectivity index (χ4n) is 4.80. The van der Waals surface area contributed by atoms with Crippen LogP contribution in [0.1, 0.15) is 56.0 Å². The normalized spacial score (nSPS) is 16.5. The van der Waals surface area contributed by atoms with Crippen LogP contribution in [-0.2, 0) is 14.5 Å². The van der Waals surface area contributed by atoms with Crippen LogP contribution in [0.2, 0.25) is 0 Å². The van der Waals surface area contributed by atoms with Crippen molar-refractivity contribution in [3.63, 3.8) is 0 Å². The van der Waals surface area contributed by atoms with Crippen LogP contribution in [0.5, 0.6) is 0 Å². The molecule has 0 saturated carbocycles. The van der Waals surface area contributed by atoms with Gasteiger partial charge in [-0.2, -0.15) is 0 Å². The van der Waals surface area contributed by atoms with Gasteiger partial charge in [0, 0.05) is 54.5 Å². The summed E-state index contributed by atoms with van der Waals surface area (Å²) in [6.45, 7) is 6.97. The van der Waals surface area contributed by atoms with Gasteiger partial charge in [0.2, 0.25) is 5.92 Å². The molecule has 1 saturated heterocycles. The van der Waals surface area contributed by atoms with Crippen LogP contribution < -0.4 is 10.2 Å². The maximum atomic E-state index is 14.2. The number of anilines is 2. The van der Waals surface area contributed by atoms with E-state index in [-0.39, 0.29) is 54.3 Å². The molecule has 3 aromatic rings. The summed E-state index contributed by atoms with van der Waals surface area (Å²) in [6.07, 6.45) is 1.41. The van der Waals surface area contributed by atoms with E-state index >= 15 is 0 Å². The van der Waals surface area contributed by atoms with Gasteiger partial charge in [-0.15, -0.1) is 4.36 Å². The van der Waals surface area contributed by atoms with E-state index in [0.717, 1.165) is 0 Å². The fourth-order valence-corrected chi connectivity index (χ4v) is 5.91. The van der Waals surface area contributed by atoms with E-state index in [1.54, 1.807) is 56.9 Å². The van der Waals surface area contributed by atoms with Gasteiger partial charge in [0.25, 0.3) is 5.91 Å². The lowest BCUT2D eigenvalue weighted by Gasteiger charge is -2.26. The zero-order chi connectivity index (χ0) is 31.6. The Balaban J connectivity index is 1.73. The lowest BCUT2D eigenvalue weighted by atomic mass is 9.97. The summed E-state index contributed by atoms with van der Waals surface area (Å²) in [4.78, 5) is 32.5. The molecule has 2 aromatic carbocycles. The first-order valence-corrected chi connectivity index (χ1v) is 15.7. The molecule has 2 heterocycles. The number of benzene rings is 2. The highest BCUT2D eigenvalue weighted by atomic mass is 32.2. The molecule has 1 N–H and O–H groups in total. The monoisotopic (exact) mass is 616 g/mol. The number of aromatic nitrogens is 1. The number of alkyl halides is 2. The first-order valence-electron chi connectivity index (χ1n) is 13.8. The molecule has 1 aromatic heterocycles. The Hall–Kier alpha value is -3.93. The number of ether oxygens (including phenoxy) is 1. The molecular weight excluding hydrogens is 581 g/mol. The van der Waals surface area contributed by atoms with Crippen LogP contribution in [-0.4, -0.2) is 52.1 Å². The van der Waals surface area contributed by atoms with E-state index in [2.05, 4.69) is 14.7 Å². The largest absolute Gasteiger partial charge is 0.442 e. The van der Waals surface area contributed by atoms with Crippen LogP contribution in [0.3, 0.4) is 0 Å². The number of hydrogen-bond acceptors (Lipinski definition) is 6. The number of rotatable bonds is 5. The highest BCUT2D eigenvalue weighted by Crippen LogP contribution is 2.35. The van der Waals surface area contributed by atoms with Crippen molar-refractivity contribution in [1.82, 2.24) is 4.98 Å². The van der Waals surface area contributed by atoms with E-state index in [1.807, 2.05) is 0 Å². The second kappa shape index (κ2) is 12.4. The average Bonchev–Trinajstić information content (AvgIpc) is 3.07. The molecule has 0 aliphatic carbocycles. The summed E-state index contributed by atoms with van der Waals surface area (Å²) in [7, 11) is -3.23. The topological polar surface area (TPSA) is 101 Å². The molecule has 1 atom stereocenters. The molecule has 1 fully saturated rings. The van der Waals surface area contributed by atoms with E-state index in [9.17, 15) is 27.0 Å². The van der Waals surface area contributed by atoms with Crippen molar-refractivity contribution in [3.05, 3.63) is 71.7 Å². The third-order valence-electron chi connectivity index (χ3n) is 6.87. The Kier molecular flexibility index (Phi) is 9.19. The summed E-state index contributed by atoms with van der Waals surface area (Å²) in [5.74, 6) is -3.62. The standard InChI is InChI=1S/C31H35F3N4O4S/c1-20-25(21-9-6-10-22(32)17-21)19-35-27(38-15-8-13-31(33,34)14-16-38)26(20)28(39)36-23-11-7-12-24(18-23)43(5,41)37-29(40)42-30(2,3)4/h6-7,9-12,17-19H,8,13-16H2,1-5H3,(H,36,39)/t43-/m1/s1. The van der Waals surface area contributed by atoms with Crippen molar-refractivity contribution in [2.24, 2.45) is 4.36 Å². The number of pyridine rings is 1. The molecule has 4 rings (SSSR count). The summed E-state index contributed by atoms with van der Waals surface area (Å²) in [5, 5.41) is 2.79. The zero-order valence-electron chi connectivity index (χ0n) is 24.7. The minimum atomic E-state index is -3.23. The zero-order valence-corrected chi connectivity index (χ0v) is 25.6. The van der Waals surface area contributed by atoms with E-state index in [0.29, 0.717) is 16.7 Å². The van der Waals surface area contributed by atoms with Gasteiger partial charge < -0.3 is 15.0 Å². The molecule has 8 nitrogen and oxygen atoms in total. The molecule has 1 aliphatic heterocycles. The molecule has 0 unspecified atom stereocenters. The molecule has 230 valence electrons. The van der Waals surface area contributed by atoms with Crippen molar-refractivity contribution >= 4 is 33.2 Å². The second-order valence-corrected chi connectivity index (χ2v) is 13.8. The number of hydrogen-bond donors (Lipinski definition) is 1. The van der Waals surface area contributed by atoms with Gasteiger partial charge in [-0.1, -0.05) is 18.2 Å². The first-order chi connectivity index (χ1) is 20.0. The van der Waals surface area contributed by atoms with Crippen molar-refractivity contribution in [2.75, 3.05) is 29.6 Å². The lowest BCUT2D eigenvalue weighted by molar-refractivity contribution is -0.0102.